The van der Waals surface area contributed by atoms with Gasteiger partial charge >= 0.3 is 0 Å². The molecule has 1 unspecified atom stereocenters. The summed E-state index contributed by atoms with van der Waals surface area (Å²) < 4.78 is 10.5. The van der Waals surface area contributed by atoms with Gasteiger partial charge in [-0.25, -0.2) is 0 Å². The third kappa shape index (κ3) is 4.10. The Bertz CT molecular complexity index is 468. The molecular formula is C14H19ClN2O3. The van der Waals surface area contributed by atoms with Gasteiger partial charge in [-0.05, 0) is 23.8 Å². The Balaban J connectivity index is 1.70. The van der Waals surface area contributed by atoms with Gasteiger partial charge in [-0.3, -0.25) is 4.79 Å². The predicted molar refractivity (Wildman–Crippen MR) is 77.3 cm³/mol. The highest BCUT2D eigenvalue weighted by atomic mass is 35.5. The highest BCUT2D eigenvalue weighted by Gasteiger charge is 2.28. The summed E-state index contributed by atoms with van der Waals surface area (Å²) in [5.74, 6) is 0.652. The smallest absolute Gasteiger partial charge is 0.261 e. The molecule has 0 fully saturated rings. The number of hydrogen-bond donors (Lipinski definition) is 2. The molecule has 1 aromatic rings. The molecule has 0 aliphatic carbocycles. The molecule has 1 amide bonds. The molecule has 0 aromatic heterocycles. The molecule has 6 heteroatoms. The normalized spacial score (nSPS) is 16.6. The van der Waals surface area contributed by atoms with Crippen LogP contribution >= 0.6 is 11.6 Å². The van der Waals surface area contributed by atoms with E-state index < -0.39 is 6.10 Å². The maximum Gasteiger partial charge on any atom is 0.261 e. The van der Waals surface area contributed by atoms with Gasteiger partial charge < -0.3 is 20.1 Å². The highest BCUT2D eigenvalue weighted by molar-refractivity contribution is 6.30. The van der Waals surface area contributed by atoms with E-state index in [2.05, 4.69) is 10.6 Å². The van der Waals surface area contributed by atoms with Crippen molar-refractivity contribution in [2.75, 3.05) is 33.4 Å². The Morgan fingerprint density at radius 2 is 2.30 bits per heavy atom. The van der Waals surface area contributed by atoms with E-state index in [0.717, 1.165) is 17.9 Å². The van der Waals surface area contributed by atoms with Gasteiger partial charge in [-0.2, -0.15) is 0 Å². The maximum absolute atomic E-state index is 12.0. The second-order valence-corrected chi connectivity index (χ2v) is 5.03. The number of rotatable bonds is 7. The summed E-state index contributed by atoms with van der Waals surface area (Å²) in [6.45, 7) is 2.71. The highest BCUT2D eigenvalue weighted by Crippen LogP contribution is 2.30. The molecule has 1 aromatic carbocycles. The van der Waals surface area contributed by atoms with Crippen LogP contribution in [0.3, 0.4) is 0 Å². The minimum Gasteiger partial charge on any atom is -0.480 e. The summed E-state index contributed by atoms with van der Waals surface area (Å²) in [6.07, 6.45) is 0.112. The minimum atomic E-state index is -0.456. The minimum absolute atomic E-state index is 0.0918. The first-order chi connectivity index (χ1) is 9.70. The molecule has 0 saturated heterocycles. The first kappa shape index (κ1) is 15.1. The van der Waals surface area contributed by atoms with Crippen molar-refractivity contribution in [1.82, 2.24) is 10.6 Å². The van der Waals surface area contributed by atoms with Crippen LogP contribution in [0.2, 0.25) is 5.02 Å². The van der Waals surface area contributed by atoms with E-state index in [4.69, 9.17) is 21.1 Å². The van der Waals surface area contributed by atoms with Gasteiger partial charge in [-0.15, -0.1) is 0 Å². The van der Waals surface area contributed by atoms with Crippen LogP contribution in [0.25, 0.3) is 0 Å². The third-order valence-corrected chi connectivity index (χ3v) is 3.31. The van der Waals surface area contributed by atoms with Crippen molar-refractivity contribution >= 4 is 17.5 Å². The summed E-state index contributed by atoms with van der Waals surface area (Å²) >= 11 is 5.92. The average Bonchev–Trinajstić information content (AvgIpc) is 2.85. The van der Waals surface area contributed by atoms with E-state index >= 15 is 0 Å². The second kappa shape index (κ2) is 7.47. The zero-order valence-electron chi connectivity index (χ0n) is 11.4. The lowest BCUT2D eigenvalue weighted by Gasteiger charge is -2.11. The Morgan fingerprint density at radius 3 is 3.10 bits per heavy atom. The zero-order valence-corrected chi connectivity index (χ0v) is 12.2. The number of fused-ring (bicyclic) bond motifs is 1. The number of hydrogen-bond acceptors (Lipinski definition) is 4. The molecule has 0 saturated carbocycles. The van der Waals surface area contributed by atoms with Gasteiger partial charge in [0, 0.05) is 38.2 Å². The Morgan fingerprint density at radius 1 is 1.45 bits per heavy atom. The summed E-state index contributed by atoms with van der Waals surface area (Å²) in [6, 6.07) is 5.41. The van der Waals surface area contributed by atoms with Gasteiger partial charge in [0.25, 0.3) is 5.91 Å². The second-order valence-electron chi connectivity index (χ2n) is 4.60. The predicted octanol–water partition coefficient (Wildman–Crippen LogP) is 0.996. The molecule has 1 aliphatic heterocycles. The topological polar surface area (TPSA) is 59.6 Å². The number of ether oxygens (including phenoxy) is 2. The fourth-order valence-corrected chi connectivity index (χ4v) is 2.25. The number of amides is 1. The van der Waals surface area contributed by atoms with Crippen LogP contribution in [0.4, 0.5) is 0 Å². The van der Waals surface area contributed by atoms with Crippen molar-refractivity contribution in [3.8, 4) is 5.75 Å². The lowest BCUT2D eigenvalue weighted by molar-refractivity contribution is -0.127. The lowest BCUT2D eigenvalue weighted by atomic mass is 10.1. The Labute approximate surface area is 123 Å². The zero-order chi connectivity index (χ0) is 14.4. The SMILES string of the molecule is COCCNCCNC(=O)C1Cc2cc(Cl)ccc2O1. The van der Waals surface area contributed by atoms with E-state index in [9.17, 15) is 4.79 Å². The monoisotopic (exact) mass is 298 g/mol. The van der Waals surface area contributed by atoms with Gasteiger partial charge in [-0.1, -0.05) is 11.6 Å². The number of carbonyl (C=O) groups is 1. The van der Waals surface area contributed by atoms with Gasteiger partial charge in [0.15, 0.2) is 6.10 Å². The molecule has 1 heterocycles. The van der Waals surface area contributed by atoms with Gasteiger partial charge in [0.2, 0.25) is 0 Å². The van der Waals surface area contributed by atoms with Crippen molar-refractivity contribution in [2.45, 2.75) is 12.5 Å². The Hall–Kier alpha value is -1.30. The van der Waals surface area contributed by atoms with Crippen molar-refractivity contribution in [3.63, 3.8) is 0 Å². The molecule has 1 aliphatic rings. The van der Waals surface area contributed by atoms with Gasteiger partial charge in [0.1, 0.15) is 5.75 Å². The third-order valence-electron chi connectivity index (χ3n) is 3.07. The molecule has 1 atom stereocenters. The fourth-order valence-electron chi connectivity index (χ4n) is 2.05. The molecular weight excluding hydrogens is 280 g/mol. The molecule has 0 radical (unpaired) electrons. The molecule has 5 nitrogen and oxygen atoms in total. The number of nitrogens with one attached hydrogen (secondary N) is 2. The quantitative estimate of drug-likeness (QED) is 0.737. The summed E-state index contributed by atoms with van der Waals surface area (Å²) in [5.41, 5.74) is 0.982. The van der Waals surface area contributed by atoms with Crippen molar-refractivity contribution in [2.24, 2.45) is 0 Å². The van der Waals surface area contributed by atoms with E-state index in [-0.39, 0.29) is 5.91 Å². The van der Waals surface area contributed by atoms with Crippen LogP contribution < -0.4 is 15.4 Å². The van der Waals surface area contributed by atoms with Crippen LogP contribution in [-0.4, -0.2) is 45.4 Å². The largest absolute Gasteiger partial charge is 0.480 e. The summed E-state index contributed by atoms with van der Waals surface area (Å²) in [7, 11) is 1.66. The molecule has 0 spiro atoms. The molecule has 2 N–H and O–H groups in total. The summed E-state index contributed by atoms with van der Waals surface area (Å²) in [4.78, 5) is 12.0. The van der Waals surface area contributed by atoms with Crippen molar-refractivity contribution in [1.29, 1.82) is 0 Å². The number of methoxy groups -OCH3 is 1. The van der Waals surface area contributed by atoms with Crippen LogP contribution in [0.5, 0.6) is 5.75 Å². The maximum atomic E-state index is 12.0. The van der Waals surface area contributed by atoms with Crippen LogP contribution in [0, 0.1) is 0 Å². The van der Waals surface area contributed by atoms with E-state index in [0.29, 0.717) is 31.1 Å². The molecule has 20 heavy (non-hydrogen) atoms. The van der Waals surface area contributed by atoms with Crippen molar-refractivity contribution < 1.29 is 14.3 Å². The molecule has 2 rings (SSSR count). The van der Waals surface area contributed by atoms with E-state index in [1.165, 1.54) is 0 Å². The average molecular weight is 299 g/mol. The lowest BCUT2D eigenvalue weighted by Crippen LogP contribution is -2.40. The summed E-state index contributed by atoms with van der Waals surface area (Å²) in [5, 5.41) is 6.67. The first-order valence-corrected chi connectivity index (χ1v) is 7.01. The van der Waals surface area contributed by atoms with Crippen LogP contribution in [0.15, 0.2) is 18.2 Å². The number of benzene rings is 1. The van der Waals surface area contributed by atoms with Crippen LogP contribution in [0.1, 0.15) is 5.56 Å². The van der Waals surface area contributed by atoms with E-state index in [1.807, 2.05) is 6.07 Å². The van der Waals surface area contributed by atoms with Gasteiger partial charge in [0.05, 0.1) is 6.61 Å². The first-order valence-electron chi connectivity index (χ1n) is 6.63. The fraction of sp³-hybridized carbons (Fsp3) is 0.500. The number of carbonyl (C=O) groups excluding carboxylic acids is 1. The van der Waals surface area contributed by atoms with Crippen molar-refractivity contribution in [3.05, 3.63) is 28.8 Å². The molecule has 0 bridgehead atoms. The van der Waals surface area contributed by atoms with Crippen LogP contribution in [-0.2, 0) is 16.0 Å². The van der Waals surface area contributed by atoms with E-state index in [1.54, 1.807) is 19.2 Å². The standard InChI is InChI=1S/C14H19ClN2O3/c1-19-7-6-16-4-5-17-14(18)13-9-10-8-11(15)2-3-12(10)20-13/h2-3,8,13,16H,4-7,9H2,1H3,(H,17,18). The number of halogens is 1. The Kier molecular flexibility index (Phi) is 5.64. The molecule has 110 valence electrons.